The van der Waals surface area contributed by atoms with Gasteiger partial charge in [0.1, 0.15) is 0 Å². The van der Waals surface area contributed by atoms with Crippen LogP contribution in [0.3, 0.4) is 0 Å². The van der Waals surface area contributed by atoms with Crippen molar-refractivity contribution in [2.45, 2.75) is 0 Å². The number of hydrogen-bond acceptors (Lipinski definition) is 2. The van der Waals surface area contributed by atoms with Crippen LogP contribution in [0.2, 0.25) is 5.02 Å². The standard InChI is InChI=1S/C18H12ClN3O/c19-13-6-7-15-16(18(23)21-17(15)9-13)8-12-10-20-22(11-12)14-4-2-1-3-5-14/h1-11H,(H,21,23). The molecule has 4 nitrogen and oxygen atoms in total. The SMILES string of the molecule is O=C1Nc2cc(Cl)ccc2C1=Cc1cnn(-c2ccccc2)c1. The molecule has 112 valence electrons. The molecule has 0 aliphatic carbocycles. The highest BCUT2D eigenvalue weighted by atomic mass is 35.5. The fraction of sp³-hybridized carbons (Fsp3) is 0. The average molecular weight is 322 g/mol. The predicted molar refractivity (Wildman–Crippen MR) is 91.5 cm³/mol. The summed E-state index contributed by atoms with van der Waals surface area (Å²) >= 11 is 5.97. The molecule has 1 aromatic heterocycles. The lowest BCUT2D eigenvalue weighted by atomic mass is 10.1. The molecular weight excluding hydrogens is 310 g/mol. The number of anilines is 1. The molecule has 1 aliphatic heterocycles. The zero-order chi connectivity index (χ0) is 15.8. The van der Waals surface area contributed by atoms with Gasteiger partial charge >= 0.3 is 0 Å². The van der Waals surface area contributed by atoms with E-state index in [1.807, 2.05) is 48.7 Å². The van der Waals surface area contributed by atoms with Crippen molar-refractivity contribution in [3.05, 3.63) is 77.1 Å². The number of para-hydroxylation sites is 1. The van der Waals surface area contributed by atoms with Crippen LogP contribution in [0.15, 0.2) is 60.9 Å². The zero-order valence-electron chi connectivity index (χ0n) is 12.0. The van der Waals surface area contributed by atoms with Gasteiger partial charge in [-0.05, 0) is 30.3 Å². The minimum absolute atomic E-state index is 0.130. The molecule has 0 saturated heterocycles. The van der Waals surface area contributed by atoms with E-state index < -0.39 is 0 Å². The van der Waals surface area contributed by atoms with E-state index in [4.69, 9.17) is 11.6 Å². The largest absolute Gasteiger partial charge is 0.321 e. The maximum absolute atomic E-state index is 12.2. The monoisotopic (exact) mass is 321 g/mol. The number of aromatic nitrogens is 2. The first-order valence-electron chi connectivity index (χ1n) is 7.14. The Morgan fingerprint density at radius 1 is 1.13 bits per heavy atom. The Labute approximate surface area is 138 Å². The first-order chi connectivity index (χ1) is 11.2. The first kappa shape index (κ1) is 13.8. The molecule has 3 aromatic rings. The van der Waals surface area contributed by atoms with Crippen LogP contribution in [0.25, 0.3) is 17.3 Å². The normalized spacial score (nSPS) is 14.8. The Morgan fingerprint density at radius 2 is 1.96 bits per heavy atom. The minimum Gasteiger partial charge on any atom is -0.321 e. The Hall–Kier alpha value is -2.85. The van der Waals surface area contributed by atoms with E-state index in [1.165, 1.54) is 0 Å². The van der Waals surface area contributed by atoms with Crippen LogP contribution in [-0.2, 0) is 4.79 Å². The number of amides is 1. The van der Waals surface area contributed by atoms with Gasteiger partial charge in [0.05, 0.1) is 17.6 Å². The van der Waals surface area contributed by atoms with Crippen molar-refractivity contribution in [1.29, 1.82) is 0 Å². The van der Waals surface area contributed by atoms with Gasteiger partial charge in [0, 0.05) is 27.9 Å². The van der Waals surface area contributed by atoms with E-state index in [0.29, 0.717) is 10.6 Å². The molecule has 23 heavy (non-hydrogen) atoms. The van der Waals surface area contributed by atoms with Gasteiger partial charge in [-0.25, -0.2) is 4.68 Å². The number of carbonyl (C=O) groups is 1. The lowest BCUT2D eigenvalue weighted by Gasteiger charge is -1.99. The summed E-state index contributed by atoms with van der Waals surface area (Å²) in [6.07, 6.45) is 5.46. The molecule has 2 heterocycles. The molecule has 1 aliphatic rings. The average Bonchev–Trinajstić information content (AvgIpc) is 3.14. The third-order valence-corrected chi connectivity index (χ3v) is 3.93. The van der Waals surface area contributed by atoms with Crippen molar-refractivity contribution in [2.24, 2.45) is 0 Å². The van der Waals surface area contributed by atoms with Crippen molar-refractivity contribution in [3.63, 3.8) is 0 Å². The molecule has 0 bridgehead atoms. The summed E-state index contributed by atoms with van der Waals surface area (Å²) in [4.78, 5) is 12.2. The lowest BCUT2D eigenvalue weighted by Crippen LogP contribution is -2.03. The third kappa shape index (κ3) is 2.53. The van der Waals surface area contributed by atoms with Crippen LogP contribution in [0.5, 0.6) is 0 Å². The zero-order valence-corrected chi connectivity index (χ0v) is 12.8. The van der Waals surface area contributed by atoms with E-state index >= 15 is 0 Å². The lowest BCUT2D eigenvalue weighted by molar-refractivity contribution is -0.110. The van der Waals surface area contributed by atoms with Gasteiger partial charge in [-0.2, -0.15) is 5.10 Å². The smallest absolute Gasteiger partial charge is 0.256 e. The van der Waals surface area contributed by atoms with Crippen molar-refractivity contribution >= 4 is 34.8 Å². The molecule has 0 spiro atoms. The Morgan fingerprint density at radius 3 is 2.78 bits per heavy atom. The van der Waals surface area contributed by atoms with Crippen LogP contribution < -0.4 is 5.32 Å². The Bertz CT molecular complexity index is 928. The number of fused-ring (bicyclic) bond motifs is 1. The van der Waals surface area contributed by atoms with Crippen LogP contribution in [0, 0.1) is 0 Å². The van der Waals surface area contributed by atoms with Crippen molar-refractivity contribution in [2.75, 3.05) is 5.32 Å². The summed E-state index contributed by atoms with van der Waals surface area (Å²) in [5.41, 5.74) is 4.04. The van der Waals surface area contributed by atoms with Gasteiger partial charge < -0.3 is 5.32 Å². The molecule has 0 atom stereocenters. The predicted octanol–water partition coefficient (Wildman–Crippen LogP) is 4.02. The number of carbonyl (C=O) groups excluding carboxylic acids is 1. The number of hydrogen-bond donors (Lipinski definition) is 1. The topological polar surface area (TPSA) is 46.9 Å². The van der Waals surface area contributed by atoms with Crippen LogP contribution >= 0.6 is 11.6 Å². The van der Waals surface area contributed by atoms with Gasteiger partial charge in [-0.3, -0.25) is 4.79 Å². The molecular formula is C18H12ClN3O. The second-order valence-electron chi connectivity index (χ2n) is 5.26. The highest BCUT2D eigenvalue weighted by Crippen LogP contribution is 2.34. The van der Waals surface area contributed by atoms with E-state index in [9.17, 15) is 4.79 Å². The molecule has 1 amide bonds. The highest BCUT2D eigenvalue weighted by molar-refractivity contribution is 6.36. The van der Waals surface area contributed by atoms with E-state index in [0.717, 1.165) is 22.5 Å². The summed E-state index contributed by atoms with van der Waals surface area (Å²) in [6.45, 7) is 0. The summed E-state index contributed by atoms with van der Waals surface area (Å²) in [5, 5.41) is 7.77. The quantitative estimate of drug-likeness (QED) is 0.725. The summed E-state index contributed by atoms with van der Waals surface area (Å²) in [7, 11) is 0. The van der Waals surface area contributed by atoms with Crippen LogP contribution in [-0.4, -0.2) is 15.7 Å². The second kappa shape index (κ2) is 5.41. The fourth-order valence-electron chi connectivity index (χ4n) is 2.61. The molecule has 0 fully saturated rings. The Balaban J connectivity index is 1.72. The molecule has 2 aromatic carbocycles. The molecule has 0 saturated carbocycles. The summed E-state index contributed by atoms with van der Waals surface area (Å²) in [5.74, 6) is -0.130. The van der Waals surface area contributed by atoms with Gasteiger partial charge in [0.15, 0.2) is 0 Å². The van der Waals surface area contributed by atoms with Crippen LogP contribution in [0.1, 0.15) is 11.1 Å². The van der Waals surface area contributed by atoms with E-state index in [2.05, 4.69) is 10.4 Å². The van der Waals surface area contributed by atoms with Gasteiger partial charge in [-0.15, -0.1) is 0 Å². The first-order valence-corrected chi connectivity index (χ1v) is 7.51. The maximum atomic E-state index is 12.2. The number of nitrogens with zero attached hydrogens (tertiary/aromatic N) is 2. The van der Waals surface area contributed by atoms with Gasteiger partial charge in [-0.1, -0.05) is 35.9 Å². The number of nitrogens with one attached hydrogen (secondary N) is 1. The third-order valence-electron chi connectivity index (χ3n) is 3.70. The molecule has 1 N–H and O–H groups in total. The Kier molecular flexibility index (Phi) is 3.24. The summed E-state index contributed by atoms with van der Waals surface area (Å²) in [6, 6.07) is 15.2. The number of rotatable bonds is 2. The van der Waals surface area contributed by atoms with Crippen molar-refractivity contribution in [3.8, 4) is 5.69 Å². The second-order valence-corrected chi connectivity index (χ2v) is 5.69. The van der Waals surface area contributed by atoms with E-state index in [1.54, 1.807) is 23.0 Å². The minimum atomic E-state index is -0.130. The maximum Gasteiger partial charge on any atom is 0.256 e. The van der Waals surface area contributed by atoms with Crippen LogP contribution in [0.4, 0.5) is 5.69 Å². The van der Waals surface area contributed by atoms with Crippen molar-refractivity contribution in [1.82, 2.24) is 9.78 Å². The molecule has 0 unspecified atom stereocenters. The summed E-state index contributed by atoms with van der Waals surface area (Å²) < 4.78 is 1.78. The molecule has 4 rings (SSSR count). The molecule has 0 radical (unpaired) electrons. The molecule has 5 heteroatoms. The van der Waals surface area contributed by atoms with Gasteiger partial charge in [0.25, 0.3) is 5.91 Å². The fourth-order valence-corrected chi connectivity index (χ4v) is 2.78. The highest BCUT2D eigenvalue weighted by Gasteiger charge is 2.24. The van der Waals surface area contributed by atoms with Gasteiger partial charge in [0.2, 0.25) is 0 Å². The number of halogens is 1. The number of benzene rings is 2. The van der Waals surface area contributed by atoms with Crippen molar-refractivity contribution < 1.29 is 4.79 Å². The van der Waals surface area contributed by atoms with E-state index in [-0.39, 0.29) is 5.91 Å².